The minimum absolute atomic E-state index is 0.0852. The molecule has 0 fully saturated rings. The molecular formula is C20H15F3N4O2S. The van der Waals surface area contributed by atoms with Crippen molar-refractivity contribution in [3.05, 3.63) is 59.2 Å². The van der Waals surface area contributed by atoms with Gasteiger partial charge >= 0.3 is 6.36 Å². The average Bonchev–Trinajstić information content (AvgIpc) is 3.11. The van der Waals surface area contributed by atoms with E-state index in [-0.39, 0.29) is 10.9 Å². The van der Waals surface area contributed by atoms with Crippen LogP contribution in [0.4, 0.5) is 13.2 Å². The van der Waals surface area contributed by atoms with Crippen molar-refractivity contribution in [2.75, 3.05) is 0 Å². The molecule has 0 atom stereocenters. The van der Waals surface area contributed by atoms with Crippen molar-refractivity contribution in [1.29, 1.82) is 0 Å². The number of halogens is 3. The van der Waals surface area contributed by atoms with E-state index in [2.05, 4.69) is 20.4 Å². The van der Waals surface area contributed by atoms with Gasteiger partial charge in [0.15, 0.2) is 10.9 Å². The Morgan fingerprint density at radius 2 is 1.97 bits per heavy atom. The van der Waals surface area contributed by atoms with Gasteiger partial charge in [0.2, 0.25) is 0 Å². The first-order valence-corrected chi connectivity index (χ1v) is 9.27. The van der Waals surface area contributed by atoms with Crippen molar-refractivity contribution in [2.45, 2.75) is 19.2 Å². The zero-order chi connectivity index (χ0) is 21.3. The molecule has 0 aliphatic heterocycles. The zero-order valence-corrected chi connectivity index (χ0v) is 16.2. The Kier molecular flexibility index (Phi) is 5.17. The molecule has 0 saturated carbocycles. The number of ether oxygens (including phenoxy) is 1. The molecule has 0 amide bonds. The monoisotopic (exact) mass is 432 g/mol. The summed E-state index contributed by atoms with van der Waals surface area (Å²) in [5.41, 5.74) is 13.0. The van der Waals surface area contributed by atoms with Crippen LogP contribution >= 0.6 is 12.2 Å². The third kappa shape index (κ3) is 4.28. The summed E-state index contributed by atoms with van der Waals surface area (Å²) in [6.45, 7) is 0. The number of hydrogen-bond donors (Lipinski definition) is 2. The second-order valence-corrected chi connectivity index (χ2v) is 7.00. The van der Waals surface area contributed by atoms with Crippen molar-refractivity contribution in [1.82, 2.24) is 10.6 Å². The molecule has 2 aromatic carbocycles. The second-order valence-electron chi connectivity index (χ2n) is 6.56. The lowest BCUT2D eigenvalue weighted by Crippen LogP contribution is -2.24. The highest BCUT2D eigenvalue weighted by molar-refractivity contribution is 7.80. The second kappa shape index (κ2) is 7.79. The first kappa shape index (κ1) is 19.9. The van der Waals surface area contributed by atoms with Crippen LogP contribution in [0, 0.1) is 0 Å². The number of hydrazone groups is 1. The third-order valence-electron chi connectivity index (χ3n) is 4.56. The summed E-state index contributed by atoms with van der Waals surface area (Å²) in [5.74, 6) is 0.254. The van der Waals surface area contributed by atoms with Crippen LogP contribution in [-0.4, -0.2) is 22.8 Å². The van der Waals surface area contributed by atoms with Gasteiger partial charge in [0.1, 0.15) is 11.4 Å². The van der Waals surface area contributed by atoms with E-state index in [1.54, 1.807) is 6.21 Å². The van der Waals surface area contributed by atoms with Crippen LogP contribution in [0.1, 0.15) is 16.7 Å². The summed E-state index contributed by atoms with van der Waals surface area (Å²) in [6.07, 6.45) is -1.66. The van der Waals surface area contributed by atoms with Crippen LogP contribution < -0.4 is 15.9 Å². The maximum absolute atomic E-state index is 12.3. The van der Waals surface area contributed by atoms with Crippen LogP contribution in [0.15, 0.2) is 52.1 Å². The quantitative estimate of drug-likeness (QED) is 0.366. The van der Waals surface area contributed by atoms with E-state index in [4.69, 9.17) is 22.5 Å². The molecule has 3 aromatic rings. The summed E-state index contributed by atoms with van der Waals surface area (Å²) >= 11 is 4.70. The molecule has 10 heteroatoms. The fraction of sp³-hybridized carbons (Fsp3) is 0.150. The van der Waals surface area contributed by atoms with E-state index < -0.39 is 6.36 Å². The normalized spacial score (nSPS) is 13.0. The Morgan fingerprint density at radius 3 is 2.67 bits per heavy atom. The number of benzene rings is 2. The smallest absolute Gasteiger partial charge is 0.406 e. The van der Waals surface area contributed by atoms with Crippen LogP contribution in [0.5, 0.6) is 5.75 Å². The van der Waals surface area contributed by atoms with Crippen molar-refractivity contribution < 1.29 is 22.4 Å². The molecule has 0 radical (unpaired) electrons. The molecule has 1 aliphatic carbocycles. The number of aromatic nitrogens is 1. The highest BCUT2D eigenvalue weighted by Gasteiger charge is 2.31. The van der Waals surface area contributed by atoms with Crippen molar-refractivity contribution in [2.24, 2.45) is 10.8 Å². The fourth-order valence-corrected chi connectivity index (χ4v) is 3.40. The molecule has 0 bridgehead atoms. The summed E-state index contributed by atoms with van der Waals surface area (Å²) in [4.78, 5) is 0. The molecule has 1 aromatic heterocycles. The van der Waals surface area contributed by atoms with Gasteiger partial charge in [-0.15, -0.1) is 13.2 Å². The minimum Gasteiger partial charge on any atom is -0.406 e. The number of rotatable bonds is 4. The molecule has 0 unspecified atom stereocenters. The first-order chi connectivity index (χ1) is 14.3. The Labute approximate surface area is 174 Å². The summed E-state index contributed by atoms with van der Waals surface area (Å²) < 4.78 is 46.5. The summed E-state index contributed by atoms with van der Waals surface area (Å²) in [5, 5.41) is 8.24. The number of nitrogens with zero attached hydrogens (tertiary/aromatic N) is 2. The highest BCUT2D eigenvalue weighted by Crippen LogP contribution is 2.39. The predicted octanol–water partition coefficient (Wildman–Crippen LogP) is 4.17. The number of fused-ring (bicyclic) bond motifs is 3. The Bertz CT molecular complexity index is 1120. The minimum atomic E-state index is -4.73. The van der Waals surface area contributed by atoms with Crippen LogP contribution in [-0.2, 0) is 12.8 Å². The number of nitrogens with one attached hydrogen (secondary N) is 1. The SMILES string of the molecule is NC(=S)N/N=C\c1ccc2c(c1)CCc1c-2noc1-c1ccc(OC(F)(F)F)cc1. The lowest BCUT2D eigenvalue weighted by molar-refractivity contribution is -0.274. The standard InChI is InChI=1S/C20H15F3N4O2S/c21-20(22,23)28-14-5-2-12(3-6-14)18-16-8-4-13-9-11(10-25-26-19(24)30)1-7-15(13)17(16)27-29-18/h1-3,5-7,9-10H,4,8H2,(H3,24,26,30)/b25-10-. The zero-order valence-electron chi connectivity index (χ0n) is 15.4. The maximum Gasteiger partial charge on any atom is 0.573 e. The van der Waals surface area contributed by atoms with Crippen molar-refractivity contribution in [3.63, 3.8) is 0 Å². The molecular weight excluding hydrogens is 417 g/mol. The van der Waals surface area contributed by atoms with Crippen molar-refractivity contribution in [3.8, 4) is 28.3 Å². The van der Waals surface area contributed by atoms with Gasteiger partial charge in [0.25, 0.3) is 0 Å². The van der Waals surface area contributed by atoms with Gasteiger partial charge in [-0.3, -0.25) is 5.43 Å². The van der Waals surface area contributed by atoms with E-state index in [1.807, 2.05) is 18.2 Å². The van der Waals surface area contributed by atoms with Crippen LogP contribution in [0.3, 0.4) is 0 Å². The molecule has 0 spiro atoms. The first-order valence-electron chi connectivity index (χ1n) is 8.87. The largest absolute Gasteiger partial charge is 0.573 e. The average molecular weight is 432 g/mol. The fourth-order valence-electron chi connectivity index (χ4n) is 3.35. The molecule has 0 saturated heterocycles. The van der Waals surface area contributed by atoms with Gasteiger partial charge in [0, 0.05) is 16.7 Å². The lowest BCUT2D eigenvalue weighted by Gasteiger charge is -2.15. The van der Waals surface area contributed by atoms with Crippen LogP contribution in [0.25, 0.3) is 22.6 Å². The van der Waals surface area contributed by atoms with E-state index in [0.29, 0.717) is 17.7 Å². The molecule has 4 rings (SSSR count). The predicted molar refractivity (Wildman–Crippen MR) is 109 cm³/mol. The molecule has 30 heavy (non-hydrogen) atoms. The van der Waals surface area contributed by atoms with Crippen molar-refractivity contribution >= 4 is 23.5 Å². The number of nitrogens with two attached hydrogens (primary N) is 1. The third-order valence-corrected chi connectivity index (χ3v) is 4.65. The molecule has 1 aliphatic rings. The topological polar surface area (TPSA) is 85.7 Å². The summed E-state index contributed by atoms with van der Waals surface area (Å²) in [7, 11) is 0. The highest BCUT2D eigenvalue weighted by atomic mass is 32.1. The Hall–Kier alpha value is -3.40. The number of aryl methyl sites for hydroxylation is 1. The van der Waals surface area contributed by atoms with Crippen LogP contribution in [0.2, 0.25) is 0 Å². The Balaban J connectivity index is 1.59. The van der Waals surface area contributed by atoms with Gasteiger partial charge < -0.3 is 15.0 Å². The van der Waals surface area contributed by atoms with Gasteiger partial charge in [-0.1, -0.05) is 17.3 Å². The lowest BCUT2D eigenvalue weighted by atomic mass is 9.87. The molecule has 6 nitrogen and oxygen atoms in total. The van der Waals surface area contributed by atoms with E-state index in [9.17, 15) is 13.2 Å². The van der Waals surface area contributed by atoms with Gasteiger partial charge in [-0.25, -0.2) is 0 Å². The number of thiocarbonyl (C=S) groups is 1. The van der Waals surface area contributed by atoms with E-state index >= 15 is 0 Å². The molecule has 154 valence electrons. The number of alkyl halides is 3. The maximum atomic E-state index is 12.3. The van der Waals surface area contributed by atoms with E-state index in [1.165, 1.54) is 24.3 Å². The molecule has 1 heterocycles. The van der Waals surface area contributed by atoms with Gasteiger partial charge in [-0.2, -0.15) is 5.10 Å². The molecule has 3 N–H and O–H groups in total. The Morgan fingerprint density at radius 1 is 1.20 bits per heavy atom. The van der Waals surface area contributed by atoms with Gasteiger partial charge in [-0.05, 0) is 66.5 Å². The van der Waals surface area contributed by atoms with Gasteiger partial charge in [0.05, 0.1) is 6.21 Å². The number of hydrogen-bond acceptors (Lipinski definition) is 5. The van der Waals surface area contributed by atoms with E-state index in [0.717, 1.165) is 34.4 Å². The summed E-state index contributed by atoms with van der Waals surface area (Å²) in [6, 6.07) is 11.4.